The molecule has 4 heterocycles. The molecule has 5 rings (SSSR count). The molecule has 1 aliphatic heterocycles. The highest BCUT2D eigenvalue weighted by Crippen LogP contribution is 2.33. The standard InChI is InChI=1S/C21H25N7O2/c1-4-28-18(16-9-22-13(3)25-12(16)2)26-17-19(28)23-11-24-20(17)30-15-7-8-27(10-15)21(29)14-5-6-14/h9,11,14-15H,4-8,10H2,1-3H3/t15-/m0/s1. The average molecular weight is 407 g/mol. The number of carbonyl (C=O) groups excluding carboxylic acids is 1. The van der Waals surface area contributed by atoms with Gasteiger partial charge in [-0.25, -0.2) is 19.9 Å². The van der Waals surface area contributed by atoms with Crippen molar-refractivity contribution >= 4 is 17.1 Å². The van der Waals surface area contributed by atoms with Crippen molar-refractivity contribution in [1.29, 1.82) is 0 Å². The van der Waals surface area contributed by atoms with Crippen LogP contribution in [0.2, 0.25) is 0 Å². The molecule has 0 spiro atoms. The Hall–Kier alpha value is -3.10. The molecule has 2 fully saturated rings. The van der Waals surface area contributed by atoms with Gasteiger partial charge in [-0.15, -0.1) is 0 Å². The van der Waals surface area contributed by atoms with Gasteiger partial charge in [0.1, 0.15) is 24.1 Å². The Morgan fingerprint density at radius 1 is 1.17 bits per heavy atom. The predicted molar refractivity (Wildman–Crippen MR) is 110 cm³/mol. The smallest absolute Gasteiger partial charge is 0.245 e. The van der Waals surface area contributed by atoms with Crippen molar-refractivity contribution in [3.8, 4) is 17.3 Å². The Morgan fingerprint density at radius 2 is 2.00 bits per heavy atom. The zero-order valence-corrected chi connectivity index (χ0v) is 17.5. The lowest BCUT2D eigenvalue weighted by atomic mass is 10.2. The first-order valence-electron chi connectivity index (χ1n) is 10.5. The van der Waals surface area contributed by atoms with E-state index in [4.69, 9.17) is 9.72 Å². The SMILES string of the molecule is CCn1c(-c2cnc(C)nc2C)nc2c(O[C@H]3CCN(C(=O)C4CC4)C3)ncnc21. The van der Waals surface area contributed by atoms with Gasteiger partial charge in [0.2, 0.25) is 11.8 Å². The van der Waals surface area contributed by atoms with Crippen LogP contribution in [0.3, 0.4) is 0 Å². The molecule has 1 saturated heterocycles. The number of ether oxygens (including phenoxy) is 1. The van der Waals surface area contributed by atoms with E-state index in [2.05, 4.69) is 26.9 Å². The summed E-state index contributed by atoms with van der Waals surface area (Å²) in [5.74, 6) is 2.45. The van der Waals surface area contributed by atoms with Crippen LogP contribution in [0.15, 0.2) is 12.5 Å². The lowest BCUT2D eigenvalue weighted by Gasteiger charge is -2.16. The summed E-state index contributed by atoms with van der Waals surface area (Å²) in [4.78, 5) is 36.7. The first-order chi connectivity index (χ1) is 14.5. The Morgan fingerprint density at radius 3 is 2.73 bits per heavy atom. The number of carbonyl (C=O) groups is 1. The van der Waals surface area contributed by atoms with Crippen LogP contribution in [0.1, 0.15) is 37.7 Å². The molecule has 0 bridgehead atoms. The van der Waals surface area contributed by atoms with Gasteiger partial charge in [-0.2, -0.15) is 4.98 Å². The first kappa shape index (κ1) is 18.9. The number of aromatic nitrogens is 6. The zero-order chi connectivity index (χ0) is 20.8. The van der Waals surface area contributed by atoms with Crippen molar-refractivity contribution in [1.82, 2.24) is 34.4 Å². The van der Waals surface area contributed by atoms with Gasteiger partial charge in [0.25, 0.3) is 0 Å². The molecule has 9 nitrogen and oxygen atoms in total. The molecule has 1 amide bonds. The van der Waals surface area contributed by atoms with Crippen molar-refractivity contribution < 1.29 is 9.53 Å². The minimum absolute atomic E-state index is 0.0783. The minimum atomic E-state index is -0.0783. The number of hydrogen-bond donors (Lipinski definition) is 0. The normalized spacial score (nSPS) is 18.9. The highest BCUT2D eigenvalue weighted by molar-refractivity contribution is 5.82. The number of aryl methyl sites for hydroxylation is 3. The van der Waals surface area contributed by atoms with Gasteiger partial charge in [0.15, 0.2) is 11.2 Å². The van der Waals surface area contributed by atoms with Gasteiger partial charge >= 0.3 is 0 Å². The summed E-state index contributed by atoms with van der Waals surface area (Å²) >= 11 is 0. The molecule has 0 aromatic carbocycles. The summed E-state index contributed by atoms with van der Waals surface area (Å²) in [6.07, 6.45) is 6.08. The molecule has 2 aliphatic rings. The third-order valence-corrected chi connectivity index (χ3v) is 5.82. The number of rotatable bonds is 5. The fraction of sp³-hybridized carbons (Fsp3) is 0.524. The molecule has 0 radical (unpaired) electrons. The van der Waals surface area contributed by atoms with Crippen LogP contribution in [0.5, 0.6) is 5.88 Å². The second-order valence-electron chi connectivity index (χ2n) is 8.03. The Bertz CT molecular complexity index is 1120. The summed E-state index contributed by atoms with van der Waals surface area (Å²) < 4.78 is 8.25. The van der Waals surface area contributed by atoms with E-state index in [-0.39, 0.29) is 17.9 Å². The molecule has 0 N–H and O–H groups in total. The lowest BCUT2D eigenvalue weighted by Crippen LogP contribution is -2.32. The fourth-order valence-electron chi connectivity index (χ4n) is 4.08. The summed E-state index contributed by atoms with van der Waals surface area (Å²) in [6, 6.07) is 0. The van der Waals surface area contributed by atoms with Crippen molar-refractivity contribution in [2.24, 2.45) is 5.92 Å². The quantitative estimate of drug-likeness (QED) is 0.640. The Balaban J connectivity index is 1.46. The monoisotopic (exact) mass is 407 g/mol. The zero-order valence-electron chi connectivity index (χ0n) is 17.5. The molecule has 0 unspecified atom stereocenters. The van der Waals surface area contributed by atoms with E-state index in [9.17, 15) is 4.79 Å². The van der Waals surface area contributed by atoms with E-state index < -0.39 is 0 Å². The summed E-state index contributed by atoms with van der Waals surface area (Å²) in [6.45, 7) is 7.92. The van der Waals surface area contributed by atoms with E-state index in [0.29, 0.717) is 24.5 Å². The van der Waals surface area contributed by atoms with Crippen LogP contribution in [-0.2, 0) is 11.3 Å². The molecular weight excluding hydrogens is 382 g/mol. The largest absolute Gasteiger partial charge is 0.471 e. The third-order valence-electron chi connectivity index (χ3n) is 5.82. The van der Waals surface area contributed by atoms with E-state index >= 15 is 0 Å². The number of imidazole rings is 1. The molecular formula is C21H25N7O2. The topological polar surface area (TPSA) is 98.9 Å². The number of likely N-dealkylation sites (tertiary alicyclic amines) is 1. The number of fused-ring (bicyclic) bond motifs is 1. The van der Waals surface area contributed by atoms with E-state index in [1.54, 1.807) is 6.20 Å². The highest BCUT2D eigenvalue weighted by atomic mass is 16.5. The maximum Gasteiger partial charge on any atom is 0.245 e. The molecule has 156 valence electrons. The Kier molecular flexibility index (Phi) is 4.60. The molecule has 3 aromatic rings. The Labute approximate surface area is 174 Å². The van der Waals surface area contributed by atoms with E-state index in [0.717, 1.165) is 54.4 Å². The molecule has 30 heavy (non-hydrogen) atoms. The molecule has 1 saturated carbocycles. The molecule has 9 heteroatoms. The van der Waals surface area contributed by atoms with Gasteiger partial charge in [-0.05, 0) is 33.6 Å². The first-order valence-corrected chi connectivity index (χ1v) is 10.5. The van der Waals surface area contributed by atoms with Crippen LogP contribution in [0.25, 0.3) is 22.6 Å². The summed E-state index contributed by atoms with van der Waals surface area (Å²) in [5, 5.41) is 0. The van der Waals surface area contributed by atoms with Crippen molar-refractivity contribution in [2.75, 3.05) is 13.1 Å². The van der Waals surface area contributed by atoms with Crippen LogP contribution >= 0.6 is 0 Å². The molecule has 3 aromatic heterocycles. The third kappa shape index (κ3) is 3.28. The van der Waals surface area contributed by atoms with Gasteiger partial charge < -0.3 is 14.2 Å². The average Bonchev–Trinajstić information content (AvgIpc) is 3.36. The molecule has 1 atom stereocenters. The second-order valence-corrected chi connectivity index (χ2v) is 8.03. The van der Waals surface area contributed by atoms with Crippen molar-refractivity contribution in [3.05, 3.63) is 24.0 Å². The van der Waals surface area contributed by atoms with Gasteiger partial charge in [0, 0.05) is 31.6 Å². The van der Waals surface area contributed by atoms with E-state index in [1.165, 1.54) is 6.33 Å². The maximum atomic E-state index is 12.3. The van der Waals surface area contributed by atoms with Crippen LogP contribution in [0, 0.1) is 19.8 Å². The van der Waals surface area contributed by atoms with Crippen LogP contribution in [-0.4, -0.2) is 59.5 Å². The van der Waals surface area contributed by atoms with Gasteiger partial charge in [0.05, 0.1) is 17.8 Å². The minimum Gasteiger partial charge on any atom is -0.471 e. The highest BCUT2D eigenvalue weighted by Gasteiger charge is 2.37. The van der Waals surface area contributed by atoms with Crippen molar-refractivity contribution in [3.63, 3.8) is 0 Å². The maximum absolute atomic E-state index is 12.3. The number of nitrogens with zero attached hydrogens (tertiary/aromatic N) is 7. The van der Waals surface area contributed by atoms with Crippen molar-refractivity contribution in [2.45, 2.75) is 52.7 Å². The fourth-order valence-corrected chi connectivity index (χ4v) is 4.08. The molecule has 1 aliphatic carbocycles. The van der Waals surface area contributed by atoms with Crippen LogP contribution in [0.4, 0.5) is 0 Å². The lowest BCUT2D eigenvalue weighted by molar-refractivity contribution is -0.131. The number of amides is 1. The van der Waals surface area contributed by atoms with Gasteiger partial charge in [-0.1, -0.05) is 0 Å². The second kappa shape index (κ2) is 7.30. The van der Waals surface area contributed by atoms with Gasteiger partial charge in [-0.3, -0.25) is 4.79 Å². The summed E-state index contributed by atoms with van der Waals surface area (Å²) in [7, 11) is 0. The van der Waals surface area contributed by atoms with E-state index in [1.807, 2.05) is 23.3 Å². The number of hydrogen-bond acceptors (Lipinski definition) is 7. The predicted octanol–water partition coefficient (Wildman–Crippen LogP) is 2.31. The summed E-state index contributed by atoms with van der Waals surface area (Å²) in [5.41, 5.74) is 3.09. The van der Waals surface area contributed by atoms with Crippen LogP contribution < -0.4 is 4.74 Å².